The van der Waals surface area contributed by atoms with Gasteiger partial charge >= 0.3 is 6.18 Å². The van der Waals surface area contributed by atoms with E-state index in [2.05, 4.69) is 19.1 Å². The molecule has 3 heteroatoms. The van der Waals surface area contributed by atoms with Crippen molar-refractivity contribution >= 4 is 0 Å². The molecule has 0 bridgehead atoms. The maximum Gasteiger partial charge on any atom is 0.416 e. The van der Waals surface area contributed by atoms with Gasteiger partial charge in [0.1, 0.15) is 0 Å². The molecule has 3 fully saturated rings. The molecule has 4 rings (SSSR count). The Morgan fingerprint density at radius 3 is 2.07 bits per heavy atom. The zero-order valence-corrected chi connectivity index (χ0v) is 16.2. The molecule has 6 unspecified atom stereocenters. The fourth-order valence-electron chi connectivity index (χ4n) is 6.52. The first-order valence-corrected chi connectivity index (χ1v) is 10.8. The van der Waals surface area contributed by atoms with Crippen molar-refractivity contribution in [2.75, 3.05) is 0 Å². The predicted octanol–water partition coefficient (Wildman–Crippen LogP) is 7.61. The SMILES string of the molecule is C/C=C/C1CCC2C(CCC3CC(c4ccc(C(F)(F)F)cc4)CCC32)C1. The number of benzene rings is 1. The topological polar surface area (TPSA) is 0 Å². The highest BCUT2D eigenvalue weighted by Crippen LogP contribution is 2.54. The van der Waals surface area contributed by atoms with Gasteiger partial charge in [-0.1, -0.05) is 24.3 Å². The van der Waals surface area contributed by atoms with Gasteiger partial charge in [0, 0.05) is 0 Å². The van der Waals surface area contributed by atoms with Gasteiger partial charge in [0.2, 0.25) is 0 Å². The summed E-state index contributed by atoms with van der Waals surface area (Å²) in [4.78, 5) is 0. The van der Waals surface area contributed by atoms with Crippen molar-refractivity contribution in [2.45, 2.75) is 70.4 Å². The molecule has 0 saturated heterocycles. The molecule has 0 aromatic heterocycles. The number of alkyl halides is 3. The molecule has 3 aliphatic rings. The normalized spacial score (nSPS) is 37.0. The molecule has 0 N–H and O–H groups in total. The van der Waals surface area contributed by atoms with Gasteiger partial charge in [-0.2, -0.15) is 13.2 Å². The fraction of sp³-hybridized carbons (Fsp3) is 0.667. The maximum absolute atomic E-state index is 12.8. The van der Waals surface area contributed by atoms with Gasteiger partial charge in [-0.05, 0) is 111 Å². The van der Waals surface area contributed by atoms with E-state index >= 15 is 0 Å². The molecule has 0 amide bonds. The molecular weight excluding hydrogens is 345 g/mol. The number of allylic oxidation sites excluding steroid dienone is 2. The summed E-state index contributed by atoms with van der Waals surface area (Å²) >= 11 is 0. The van der Waals surface area contributed by atoms with Crippen LogP contribution in [0.1, 0.15) is 75.3 Å². The molecular formula is C24H31F3. The zero-order valence-electron chi connectivity index (χ0n) is 16.2. The van der Waals surface area contributed by atoms with E-state index in [0.29, 0.717) is 5.92 Å². The molecule has 3 aliphatic carbocycles. The molecule has 0 spiro atoms. The van der Waals surface area contributed by atoms with E-state index < -0.39 is 11.7 Å². The van der Waals surface area contributed by atoms with Crippen molar-refractivity contribution < 1.29 is 13.2 Å². The largest absolute Gasteiger partial charge is 0.416 e. The Labute approximate surface area is 161 Å². The molecule has 0 radical (unpaired) electrons. The van der Waals surface area contributed by atoms with Crippen LogP contribution in [0.4, 0.5) is 13.2 Å². The van der Waals surface area contributed by atoms with Crippen molar-refractivity contribution in [3.8, 4) is 0 Å². The van der Waals surface area contributed by atoms with Gasteiger partial charge in [-0.25, -0.2) is 0 Å². The summed E-state index contributed by atoms with van der Waals surface area (Å²) in [6, 6.07) is 5.98. The number of hydrogen-bond acceptors (Lipinski definition) is 0. The van der Waals surface area contributed by atoms with E-state index in [1.54, 1.807) is 12.1 Å². The number of halogens is 3. The first kappa shape index (κ1) is 19.1. The molecule has 3 saturated carbocycles. The lowest BCUT2D eigenvalue weighted by Crippen LogP contribution is -2.41. The smallest absolute Gasteiger partial charge is 0.166 e. The third kappa shape index (κ3) is 3.98. The Kier molecular flexibility index (Phi) is 5.40. The molecule has 0 nitrogen and oxygen atoms in total. The number of hydrogen-bond donors (Lipinski definition) is 0. The lowest BCUT2D eigenvalue weighted by molar-refractivity contribution is -0.137. The molecule has 6 atom stereocenters. The van der Waals surface area contributed by atoms with Crippen LogP contribution in [-0.2, 0) is 6.18 Å². The van der Waals surface area contributed by atoms with Gasteiger partial charge in [0.15, 0.2) is 0 Å². The third-order valence-corrected chi connectivity index (χ3v) is 7.76. The average Bonchev–Trinajstić information content (AvgIpc) is 2.67. The van der Waals surface area contributed by atoms with Crippen LogP contribution in [0.15, 0.2) is 36.4 Å². The Morgan fingerprint density at radius 1 is 0.815 bits per heavy atom. The molecule has 0 heterocycles. The lowest BCUT2D eigenvalue weighted by Gasteiger charge is -2.50. The van der Waals surface area contributed by atoms with Crippen LogP contribution in [0.25, 0.3) is 0 Å². The second kappa shape index (κ2) is 7.64. The lowest BCUT2D eigenvalue weighted by atomic mass is 9.55. The van der Waals surface area contributed by atoms with Gasteiger partial charge in [0.25, 0.3) is 0 Å². The van der Waals surface area contributed by atoms with E-state index in [-0.39, 0.29) is 0 Å². The predicted molar refractivity (Wildman–Crippen MR) is 103 cm³/mol. The van der Waals surface area contributed by atoms with E-state index in [1.807, 2.05) is 0 Å². The van der Waals surface area contributed by atoms with Crippen LogP contribution in [0.2, 0.25) is 0 Å². The summed E-state index contributed by atoms with van der Waals surface area (Å²) in [7, 11) is 0. The summed E-state index contributed by atoms with van der Waals surface area (Å²) in [5.74, 6) is 4.69. The van der Waals surface area contributed by atoms with Gasteiger partial charge in [0.05, 0.1) is 5.56 Å². The summed E-state index contributed by atoms with van der Waals surface area (Å²) in [6.07, 6.45) is 10.8. The first-order valence-electron chi connectivity index (χ1n) is 10.8. The van der Waals surface area contributed by atoms with Gasteiger partial charge in [-0.3, -0.25) is 0 Å². The molecule has 0 aliphatic heterocycles. The highest BCUT2D eigenvalue weighted by atomic mass is 19.4. The first-order chi connectivity index (χ1) is 13.0. The summed E-state index contributed by atoms with van der Waals surface area (Å²) in [6.45, 7) is 2.13. The van der Waals surface area contributed by atoms with E-state index in [1.165, 1.54) is 57.1 Å². The summed E-state index contributed by atoms with van der Waals surface area (Å²) in [5.41, 5.74) is 0.582. The van der Waals surface area contributed by atoms with Crippen molar-refractivity contribution in [2.24, 2.45) is 29.6 Å². The average molecular weight is 377 g/mol. The van der Waals surface area contributed by atoms with E-state index in [9.17, 15) is 13.2 Å². The third-order valence-electron chi connectivity index (χ3n) is 7.76. The standard InChI is InChI=1S/C24H31F3/c1-2-3-16-4-12-22-19(14-16)5-6-20-15-18(9-13-23(20)22)17-7-10-21(11-8-17)24(25,26)27/h2-3,7-8,10-11,16,18-20,22-23H,4-6,9,12-15H2,1H3/b3-2+. The van der Waals surface area contributed by atoms with Crippen molar-refractivity contribution in [3.05, 3.63) is 47.5 Å². The van der Waals surface area contributed by atoms with Crippen LogP contribution < -0.4 is 0 Å². The number of rotatable bonds is 2. The zero-order chi connectivity index (χ0) is 19.0. The minimum atomic E-state index is -4.24. The second-order valence-corrected chi connectivity index (χ2v) is 9.15. The van der Waals surface area contributed by atoms with Crippen LogP contribution in [0.5, 0.6) is 0 Å². The summed E-state index contributed by atoms with van der Waals surface area (Å²) in [5, 5.41) is 0. The van der Waals surface area contributed by atoms with Crippen molar-refractivity contribution in [3.63, 3.8) is 0 Å². The minimum Gasteiger partial charge on any atom is -0.166 e. The van der Waals surface area contributed by atoms with E-state index in [4.69, 9.17) is 0 Å². The molecule has 148 valence electrons. The van der Waals surface area contributed by atoms with Gasteiger partial charge < -0.3 is 0 Å². The summed E-state index contributed by atoms with van der Waals surface area (Å²) < 4.78 is 38.4. The van der Waals surface area contributed by atoms with Crippen LogP contribution in [0.3, 0.4) is 0 Å². The Morgan fingerprint density at radius 2 is 1.44 bits per heavy atom. The van der Waals surface area contributed by atoms with Crippen molar-refractivity contribution in [1.29, 1.82) is 0 Å². The Hall–Kier alpha value is -1.25. The quantitative estimate of drug-likeness (QED) is 0.466. The molecule has 1 aromatic carbocycles. The molecule has 1 aromatic rings. The van der Waals surface area contributed by atoms with Crippen LogP contribution in [-0.4, -0.2) is 0 Å². The van der Waals surface area contributed by atoms with Crippen molar-refractivity contribution in [1.82, 2.24) is 0 Å². The monoisotopic (exact) mass is 376 g/mol. The van der Waals surface area contributed by atoms with Crippen LogP contribution >= 0.6 is 0 Å². The van der Waals surface area contributed by atoms with E-state index in [0.717, 1.165) is 41.6 Å². The van der Waals surface area contributed by atoms with Crippen LogP contribution in [0, 0.1) is 29.6 Å². The fourth-order valence-corrected chi connectivity index (χ4v) is 6.52. The highest BCUT2D eigenvalue weighted by molar-refractivity contribution is 5.27. The number of fused-ring (bicyclic) bond motifs is 3. The Bertz CT molecular complexity index is 657. The minimum absolute atomic E-state index is 0.449. The second-order valence-electron chi connectivity index (χ2n) is 9.15. The Balaban J connectivity index is 1.40. The van der Waals surface area contributed by atoms with Gasteiger partial charge in [-0.15, -0.1) is 0 Å². The maximum atomic E-state index is 12.8. The highest BCUT2D eigenvalue weighted by Gasteiger charge is 2.44. The molecule has 27 heavy (non-hydrogen) atoms.